The van der Waals surface area contributed by atoms with Crippen LogP contribution in [0.25, 0.3) is 0 Å². The van der Waals surface area contributed by atoms with Gasteiger partial charge in [0.2, 0.25) is 0 Å². The SMILES string of the molecule is CCNC(C)c1ccc(OCC2CC3CCC2C3)cc1F. The standard InChI is InChI=1S/C18H26FNO/c1-3-20-12(2)17-7-6-16(10-18(17)19)21-11-15-9-13-4-5-14(15)8-13/h6-7,10,12-15,20H,3-5,8-9,11H2,1-2H3. The molecule has 21 heavy (non-hydrogen) atoms. The van der Waals surface area contributed by atoms with E-state index in [0.717, 1.165) is 25.0 Å². The summed E-state index contributed by atoms with van der Waals surface area (Å²) in [6, 6.07) is 5.32. The van der Waals surface area contributed by atoms with E-state index in [1.165, 1.54) is 31.7 Å². The van der Waals surface area contributed by atoms with Crippen molar-refractivity contribution in [2.24, 2.45) is 17.8 Å². The van der Waals surface area contributed by atoms with Gasteiger partial charge in [0.25, 0.3) is 0 Å². The largest absolute Gasteiger partial charge is 0.493 e. The minimum Gasteiger partial charge on any atom is -0.493 e. The van der Waals surface area contributed by atoms with Gasteiger partial charge in [-0.2, -0.15) is 0 Å². The summed E-state index contributed by atoms with van der Waals surface area (Å²) in [6.07, 6.45) is 5.48. The van der Waals surface area contributed by atoms with Crippen molar-refractivity contribution in [1.29, 1.82) is 0 Å². The molecule has 0 aromatic heterocycles. The van der Waals surface area contributed by atoms with Crippen LogP contribution in [0, 0.1) is 23.6 Å². The van der Waals surface area contributed by atoms with E-state index in [2.05, 4.69) is 5.32 Å². The molecule has 0 spiro atoms. The van der Waals surface area contributed by atoms with Gasteiger partial charge in [-0.15, -0.1) is 0 Å². The molecule has 2 aliphatic rings. The van der Waals surface area contributed by atoms with Gasteiger partial charge in [-0.3, -0.25) is 0 Å². The van der Waals surface area contributed by atoms with Crippen LogP contribution in [0.3, 0.4) is 0 Å². The summed E-state index contributed by atoms with van der Waals surface area (Å²) in [5.74, 6) is 2.97. The fourth-order valence-electron chi connectivity index (χ4n) is 4.15. The first-order valence-electron chi connectivity index (χ1n) is 8.33. The van der Waals surface area contributed by atoms with E-state index in [9.17, 15) is 4.39 Å². The smallest absolute Gasteiger partial charge is 0.131 e. The van der Waals surface area contributed by atoms with Gasteiger partial charge in [0.15, 0.2) is 0 Å². The molecule has 3 heteroatoms. The molecule has 4 unspecified atom stereocenters. The van der Waals surface area contributed by atoms with Crippen LogP contribution in [-0.2, 0) is 0 Å². The van der Waals surface area contributed by atoms with Crippen molar-refractivity contribution in [2.75, 3.05) is 13.2 Å². The van der Waals surface area contributed by atoms with E-state index in [0.29, 0.717) is 17.2 Å². The Kier molecular flexibility index (Phi) is 4.48. The molecule has 1 N–H and O–H groups in total. The predicted octanol–water partition coefficient (Wildman–Crippen LogP) is 4.31. The minimum absolute atomic E-state index is 0.0367. The summed E-state index contributed by atoms with van der Waals surface area (Å²) in [5.41, 5.74) is 0.712. The number of nitrogens with one attached hydrogen (secondary N) is 1. The normalized spacial score (nSPS) is 28.8. The number of hydrogen-bond acceptors (Lipinski definition) is 2. The van der Waals surface area contributed by atoms with E-state index in [1.807, 2.05) is 26.0 Å². The van der Waals surface area contributed by atoms with Crippen LogP contribution in [0.15, 0.2) is 18.2 Å². The molecule has 0 amide bonds. The third kappa shape index (κ3) is 3.23. The number of rotatable bonds is 6. The molecular formula is C18H26FNO. The number of fused-ring (bicyclic) bond motifs is 2. The van der Waals surface area contributed by atoms with Crippen LogP contribution in [0.2, 0.25) is 0 Å². The lowest BCUT2D eigenvalue weighted by Crippen LogP contribution is -2.19. The second kappa shape index (κ2) is 6.35. The third-order valence-electron chi connectivity index (χ3n) is 5.30. The zero-order valence-electron chi connectivity index (χ0n) is 13.1. The summed E-state index contributed by atoms with van der Waals surface area (Å²) in [6.45, 7) is 5.60. The van der Waals surface area contributed by atoms with E-state index in [1.54, 1.807) is 0 Å². The fraction of sp³-hybridized carbons (Fsp3) is 0.667. The summed E-state index contributed by atoms with van der Waals surface area (Å²) in [5, 5.41) is 3.24. The molecule has 2 bridgehead atoms. The highest BCUT2D eigenvalue weighted by molar-refractivity contribution is 5.30. The first-order chi connectivity index (χ1) is 10.2. The first-order valence-corrected chi connectivity index (χ1v) is 8.33. The van der Waals surface area contributed by atoms with Crippen molar-refractivity contribution in [3.8, 4) is 5.75 Å². The zero-order chi connectivity index (χ0) is 14.8. The van der Waals surface area contributed by atoms with E-state index in [-0.39, 0.29) is 11.9 Å². The van der Waals surface area contributed by atoms with Crippen LogP contribution in [0.5, 0.6) is 5.75 Å². The van der Waals surface area contributed by atoms with Crippen molar-refractivity contribution in [3.05, 3.63) is 29.6 Å². The molecule has 3 rings (SSSR count). The van der Waals surface area contributed by atoms with Crippen molar-refractivity contribution in [3.63, 3.8) is 0 Å². The van der Waals surface area contributed by atoms with Gasteiger partial charge in [-0.05, 0) is 56.6 Å². The maximum atomic E-state index is 14.2. The molecule has 0 aliphatic heterocycles. The average Bonchev–Trinajstić information content (AvgIpc) is 3.08. The van der Waals surface area contributed by atoms with Crippen LogP contribution in [-0.4, -0.2) is 13.2 Å². The van der Waals surface area contributed by atoms with Crippen LogP contribution in [0.4, 0.5) is 4.39 Å². The van der Waals surface area contributed by atoms with Gasteiger partial charge in [0, 0.05) is 17.7 Å². The van der Waals surface area contributed by atoms with E-state index >= 15 is 0 Å². The van der Waals surface area contributed by atoms with Gasteiger partial charge in [-0.25, -0.2) is 4.39 Å². The number of hydrogen-bond donors (Lipinski definition) is 1. The second-order valence-corrected chi connectivity index (χ2v) is 6.71. The van der Waals surface area contributed by atoms with Crippen LogP contribution >= 0.6 is 0 Å². The maximum Gasteiger partial charge on any atom is 0.131 e. The minimum atomic E-state index is -0.172. The zero-order valence-corrected chi connectivity index (χ0v) is 13.1. The number of benzene rings is 1. The molecule has 0 radical (unpaired) electrons. The van der Waals surface area contributed by atoms with E-state index in [4.69, 9.17) is 4.74 Å². The van der Waals surface area contributed by atoms with Crippen molar-refractivity contribution in [1.82, 2.24) is 5.32 Å². The average molecular weight is 291 g/mol. The van der Waals surface area contributed by atoms with Crippen molar-refractivity contribution in [2.45, 2.75) is 45.6 Å². The third-order valence-corrected chi connectivity index (χ3v) is 5.30. The molecule has 116 valence electrons. The molecule has 1 aromatic rings. The number of ether oxygens (including phenoxy) is 1. The molecule has 4 atom stereocenters. The fourth-order valence-corrected chi connectivity index (χ4v) is 4.15. The highest BCUT2D eigenvalue weighted by atomic mass is 19.1. The van der Waals surface area contributed by atoms with Gasteiger partial charge < -0.3 is 10.1 Å². The van der Waals surface area contributed by atoms with Gasteiger partial charge in [0.1, 0.15) is 11.6 Å². The Morgan fingerprint density at radius 1 is 1.33 bits per heavy atom. The topological polar surface area (TPSA) is 21.3 Å². The van der Waals surface area contributed by atoms with Crippen molar-refractivity contribution < 1.29 is 9.13 Å². The highest BCUT2D eigenvalue weighted by Crippen LogP contribution is 2.48. The van der Waals surface area contributed by atoms with Crippen LogP contribution in [0.1, 0.15) is 51.1 Å². The Morgan fingerprint density at radius 2 is 2.19 bits per heavy atom. The molecule has 1 aromatic carbocycles. The van der Waals surface area contributed by atoms with E-state index < -0.39 is 0 Å². The number of halogens is 1. The Morgan fingerprint density at radius 3 is 2.81 bits per heavy atom. The molecule has 2 aliphatic carbocycles. The predicted molar refractivity (Wildman–Crippen MR) is 82.9 cm³/mol. The second-order valence-electron chi connectivity index (χ2n) is 6.71. The Labute approximate surface area is 127 Å². The van der Waals surface area contributed by atoms with Crippen LogP contribution < -0.4 is 10.1 Å². The molecule has 2 saturated carbocycles. The summed E-state index contributed by atoms with van der Waals surface area (Å²) in [4.78, 5) is 0. The van der Waals surface area contributed by atoms with Gasteiger partial charge in [0.05, 0.1) is 6.61 Å². The monoisotopic (exact) mass is 291 g/mol. The molecule has 2 nitrogen and oxygen atoms in total. The Balaban J connectivity index is 1.57. The molecule has 0 heterocycles. The molecule has 0 saturated heterocycles. The maximum absolute atomic E-state index is 14.2. The van der Waals surface area contributed by atoms with Gasteiger partial charge in [-0.1, -0.05) is 19.4 Å². The first kappa shape index (κ1) is 14.8. The summed E-state index contributed by atoms with van der Waals surface area (Å²) < 4.78 is 20.0. The summed E-state index contributed by atoms with van der Waals surface area (Å²) in [7, 11) is 0. The quantitative estimate of drug-likeness (QED) is 0.843. The molecular weight excluding hydrogens is 265 g/mol. The van der Waals surface area contributed by atoms with Gasteiger partial charge >= 0.3 is 0 Å². The Hall–Kier alpha value is -1.09. The summed E-state index contributed by atoms with van der Waals surface area (Å²) >= 11 is 0. The molecule has 2 fully saturated rings. The van der Waals surface area contributed by atoms with Crippen molar-refractivity contribution >= 4 is 0 Å². The lowest BCUT2D eigenvalue weighted by molar-refractivity contribution is 0.194. The lowest BCUT2D eigenvalue weighted by Gasteiger charge is -2.22. The highest BCUT2D eigenvalue weighted by Gasteiger charge is 2.39. The lowest BCUT2D eigenvalue weighted by atomic mass is 9.89. The Bertz CT molecular complexity index is 490.